The van der Waals surface area contributed by atoms with Crippen LogP contribution in [0.1, 0.15) is 32.3 Å². The number of amides is 1. The van der Waals surface area contributed by atoms with Gasteiger partial charge < -0.3 is 5.32 Å². The Morgan fingerprint density at radius 1 is 1.36 bits per heavy atom. The first kappa shape index (κ1) is 19.9. The van der Waals surface area contributed by atoms with E-state index in [1.807, 2.05) is 13.8 Å². The molecule has 6 nitrogen and oxygen atoms in total. The third-order valence-electron chi connectivity index (χ3n) is 4.86. The molecule has 0 aromatic heterocycles. The molecule has 0 bridgehead atoms. The van der Waals surface area contributed by atoms with Gasteiger partial charge in [-0.25, -0.2) is 12.7 Å². The number of hydrogen-bond acceptors (Lipinski definition) is 4. The standard InChI is InChI=1S/C18H29N3O3S/c1-13-7-6-10-21(12-13)15(3)18(22)19-17-11-16(9-8-14(17)2)25(23,24)20(4)5/h8-9,11,13,15H,6-7,10,12H2,1-5H3,(H,19,22). The SMILES string of the molecule is Cc1ccc(S(=O)(=O)N(C)C)cc1NC(=O)C(C)N1CCCC(C)C1. The highest BCUT2D eigenvalue weighted by Gasteiger charge is 2.26. The monoisotopic (exact) mass is 367 g/mol. The zero-order valence-electron chi connectivity index (χ0n) is 15.7. The van der Waals surface area contributed by atoms with Gasteiger partial charge in [-0.2, -0.15) is 0 Å². The van der Waals surface area contributed by atoms with Crippen LogP contribution in [0.15, 0.2) is 23.1 Å². The number of sulfonamides is 1. The van der Waals surface area contributed by atoms with E-state index in [2.05, 4.69) is 17.1 Å². The lowest BCUT2D eigenvalue weighted by molar-refractivity contribution is -0.121. The predicted octanol–water partition coefficient (Wildman–Crippen LogP) is 2.30. The van der Waals surface area contributed by atoms with E-state index < -0.39 is 10.0 Å². The molecule has 0 spiro atoms. The van der Waals surface area contributed by atoms with Crippen LogP contribution in [0.5, 0.6) is 0 Å². The molecular weight excluding hydrogens is 338 g/mol. The lowest BCUT2D eigenvalue weighted by Gasteiger charge is -2.34. The van der Waals surface area contributed by atoms with Gasteiger partial charge in [0.2, 0.25) is 15.9 Å². The fraction of sp³-hybridized carbons (Fsp3) is 0.611. The predicted molar refractivity (Wildman–Crippen MR) is 100 cm³/mol. The van der Waals surface area contributed by atoms with Crippen LogP contribution in [-0.2, 0) is 14.8 Å². The topological polar surface area (TPSA) is 69.7 Å². The zero-order chi connectivity index (χ0) is 18.8. The Labute approximate surface area is 151 Å². The van der Waals surface area contributed by atoms with Crippen molar-refractivity contribution >= 4 is 21.6 Å². The molecule has 2 rings (SSSR count). The van der Waals surface area contributed by atoms with E-state index in [0.717, 1.165) is 25.1 Å². The van der Waals surface area contributed by atoms with Crippen molar-refractivity contribution in [3.63, 3.8) is 0 Å². The molecule has 1 N–H and O–H groups in total. The molecular formula is C18H29N3O3S. The van der Waals surface area contributed by atoms with Crippen molar-refractivity contribution in [3.8, 4) is 0 Å². The molecule has 1 aliphatic heterocycles. The number of carbonyl (C=O) groups is 1. The van der Waals surface area contributed by atoms with Crippen molar-refractivity contribution < 1.29 is 13.2 Å². The number of nitrogens with zero attached hydrogens (tertiary/aromatic N) is 2. The van der Waals surface area contributed by atoms with Crippen LogP contribution < -0.4 is 5.32 Å². The summed E-state index contributed by atoms with van der Waals surface area (Å²) >= 11 is 0. The summed E-state index contributed by atoms with van der Waals surface area (Å²) in [6.45, 7) is 7.81. The number of carbonyl (C=O) groups excluding carboxylic acids is 1. The summed E-state index contributed by atoms with van der Waals surface area (Å²) in [5.41, 5.74) is 1.38. The van der Waals surface area contributed by atoms with Crippen molar-refractivity contribution in [1.29, 1.82) is 0 Å². The normalized spacial score (nSPS) is 20.5. The summed E-state index contributed by atoms with van der Waals surface area (Å²) in [7, 11) is -0.542. The summed E-state index contributed by atoms with van der Waals surface area (Å²) in [5, 5.41) is 2.91. The quantitative estimate of drug-likeness (QED) is 0.867. The number of anilines is 1. The summed E-state index contributed by atoms with van der Waals surface area (Å²) in [6, 6.07) is 4.58. The molecule has 1 saturated heterocycles. The van der Waals surface area contributed by atoms with Crippen molar-refractivity contribution in [2.24, 2.45) is 5.92 Å². The Balaban J connectivity index is 2.17. The number of nitrogens with one attached hydrogen (secondary N) is 1. The molecule has 0 aliphatic carbocycles. The first-order valence-electron chi connectivity index (χ1n) is 8.71. The summed E-state index contributed by atoms with van der Waals surface area (Å²) < 4.78 is 25.8. The van der Waals surface area contributed by atoms with E-state index in [0.29, 0.717) is 11.6 Å². The Hall–Kier alpha value is -1.44. The molecule has 1 aliphatic rings. The van der Waals surface area contributed by atoms with E-state index in [1.165, 1.54) is 30.9 Å². The van der Waals surface area contributed by atoms with Crippen LogP contribution in [0.3, 0.4) is 0 Å². The third kappa shape index (κ3) is 4.59. The van der Waals surface area contributed by atoms with Gasteiger partial charge in [0.15, 0.2) is 0 Å². The van der Waals surface area contributed by atoms with Crippen molar-refractivity contribution in [2.45, 2.75) is 44.6 Å². The zero-order valence-corrected chi connectivity index (χ0v) is 16.6. The molecule has 1 fully saturated rings. The first-order chi connectivity index (χ1) is 11.6. The minimum atomic E-state index is -3.53. The molecule has 2 unspecified atom stereocenters. The van der Waals surface area contributed by atoms with Crippen LogP contribution in [0.2, 0.25) is 0 Å². The average molecular weight is 368 g/mol. The van der Waals surface area contributed by atoms with E-state index in [1.54, 1.807) is 12.1 Å². The number of hydrogen-bond donors (Lipinski definition) is 1. The first-order valence-corrected chi connectivity index (χ1v) is 10.1. The molecule has 0 radical (unpaired) electrons. The molecule has 2 atom stereocenters. The molecule has 0 saturated carbocycles. The molecule has 1 heterocycles. The molecule has 25 heavy (non-hydrogen) atoms. The van der Waals surface area contributed by atoms with Crippen molar-refractivity contribution in [3.05, 3.63) is 23.8 Å². The fourth-order valence-electron chi connectivity index (χ4n) is 3.09. The van der Waals surface area contributed by atoms with Crippen LogP contribution in [0, 0.1) is 12.8 Å². The van der Waals surface area contributed by atoms with Gasteiger partial charge in [-0.3, -0.25) is 9.69 Å². The highest BCUT2D eigenvalue weighted by molar-refractivity contribution is 7.89. The van der Waals surface area contributed by atoms with E-state index >= 15 is 0 Å². The minimum absolute atomic E-state index is 0.100. The van der Waals surface area contributed by atoms with Gasteiger partial charge >= 0.3 is 0 Å². The molecule has 1 amide bonds. The molecule has 1 aromatic carbocycles. The second kappa shape index (κ2) is 7.85. The number of piperidine rings is 1. The van der Waals surface area contributed by atoms with E-state index in [4.69, 9.17) is 0 Å². The number of rotatable bonds is 5. The second-order valence-electron chi connectivity index (χ2n) is 7.17. The maximum atomic E-state index is 12.7. The van der Waals surface area contributed by atoms with Crippen molar-refractivity contribution in [2.75, 3.05) is 32.5 Å². The molecule has 140 valence electrons. The van der Waals surface area contributed by atoms with Gasteiger partial charge in [-0.15, -0.1) is 0 Å². The lowest BCUT2D eigenvalue weighted by atomic mass is 9.99. The number of benzene rings is 1. The fourth-order valence-corrected chi connectivity index (χ4v) is 4.02. The van der Waals surface area contributed by atoms with Gasteiger partial charge in [0, 0.05) is 26.3 Å². The van der Waals surface area contributed by atoms with Crippen LogP contribution in [-0.4, -0.2) is 56.8 Å². The summed E-state index contributed by atoms with van der Waals surface area (Å²) in [6.07, 6.45) is 2.31. The maximum absolute atomic E-state index is 12.7. The van der Waals surface area contributed by atoms with Crippen LogP contribution >= 0.6 is 0 Å². The Morgan fingerprint density at radius 2 is 2.04 bits per heavy atom. The molecule has 1 aromatic rings. The van der Waals surface area contributed by atoms with Crippen molar-refractivity contribution in [1.82, 2.24) is 9.21 Å². The van der Waals surface area contributed by atoms with E-state index in [-0.39, 0.29) is 16.8 Å². The lowest BCUT2D eigenvalue weighted by Crippen LogP contribution is -2.46. The highest BCUT2D eigenvalue weighted by Crippen LogP contribution is 2.23. The van der Waals surface area contributed by atoms with Crippen LogP contribution in [0.4, 0.5) is 5.69 Å². The van der Waals surface area contributed by atoms with Crippen LogP contribution in [0.25, 0.3) is 0 Å². The van der Waals surface area contributed by atoms with Gasteiger partial charge in [0.1, 0.15) is 0 Å². The Kier molecular flexibility index (Phi) is 6.24. The smallest absolute Gasteiger partial charge is 0.242 e. The Bertz CT molecular complexity index is 731. The average Bonchev–Trinajstić information content (AvgIpc) is 2.55. The Morgan fingerprint density at radius 3 is 2.64 bits per heavy atom. The van der Waals surface area contributed by atoms with Gasteiger partial charge in [0.05, 0.1) is 10.9 Å². The second-order valence-corrected chi connectivity index (χ2v) is 9.32. The minimum Gasteiger partial charge on any atom is -0.324 e. The van der Waals surface area contributed by atoms with Gasteiger partial charge in [-0.05, 0) is 56.8 Å². The largest absolute Gasteiger partial charge is 0.324 e. The number of likely N-dealkylation sites (tertiary alicyclic amines) is 1. The van der Waals surface area contributed by atoms with Gasteiger partial charge in [0.25, 0.3) is 0 Å². The van der Waals surface area contributed by atoms with E-state index in [9.17, 15) is 13.2 Å². The molecule has 7 heteroatoms. The number of aryl methyl sites for hydroxylation is 1. The third-order valence-corrected chi connectivity index (χ3v) is 6.67. The highest BCUT2D eigenvalue weighted by atomic mass is 32.2. The van der Waals surface area contributed by atoms with Gasteiger partial charge in [-0.1, -0.05) is 13.0 Å². The summed E-state index contributed by atoms with van der Waals surface area (Å²) in [4.78, 5) is 15.0. The maximum Gasteiger partial charge on any atom is 0.242 e. The summed E-state index contributed by atoms with van der Waals surface area (Å²) in [5.74, 6) is 0.496.